The van der Waals surface area contributed by atoms with E-state index in [0.717, 1.165) is 21.1 Å². The van der Waals surface area contributed by atoms with Gasteiger partial charge in [-0.15, -0.1) is 11.3 Å². The second kappa shape index (κ2) is 6.52. The molecule has 2 aromatic heterocycles. The van der Waals surface area contributed by atoms with E-state index in [1.807, 2.05) is 51.1 Å². The van der Waals surface area contributed by atoms with E-state index in [1.54, 1.807) is 23.3 Å². The van der Waals surface area contributed by atoms with Crippen LogP contribution in [0, 0.1) is 13.8 Å². The zero-order chi connectivity index (χ0) is 17.3. The summed E-state index contributed by atoms with van der Waals surface area (Å²) in [4.78, 5) is 20.1. The highest BCUT2D eigenvalue weighted by Gasteiger charge is 2.26. The van der Waals surface area contributed by atoms with Crippen molar-refractivity contribution in [3.8, 4) is 11.3 Å². The highest BCUT2D eigenvalue weighted by molar-refractivity contribution is 7.11. The second-order valence-electron chi connectivity index (χ2n) is 5.66. The first-order valence-electron chi connectivity index (χ1n) is 7.66. The van der Waals surface area contributed by atoms with Crippen LogP contribution in [0.2, 0.25) is 0 Å². The molecule has 0 aliphatic heterocycles. The molecule has 6 nitrogen and oxygen atoms in total. The first kappa shape index (κ1) is 16.3. The van der Waals surface area contributed by atoms with Crippen LogP contribution in [0.1, 0.15) is 39.0 Å². The molecule has 0 bridgehead atoms. The van der Waals surface area contributed by atoms with Crippen molar-refractivity contribution in [2.24, 2.45) is 0 Å². The molecule has 0 radical (unpaired) electrons. The normalized spacial score (nSPS) is 12.2. The Balaban J connectivity index is 1.90. The summed E-state index contributed by atoms with van der Waals surface area (Å²) in [5.41, 5.74) is 2.72. The van der Waals surface area contributed by atoms with Gasteiger partial charge in [-0.2, -0.15) is 15.4 Å². The summed E-state index contributed by atoms with van der Waals surface area (Å²) in [6.45, 7) is 5.94. The number of benzene rings is 1. The Morgan fingerprint density at radius 3 is 2.54 bits per heavy atom. The predicted molar refractivity (Wildman–Crippen MR) is 93.9 cm³/mol. The lowest BCUT2D eigenvalue weighted by molar-refractivity contribution is 0.0739. The fraction of sp³-hybridized carbons (Fsp3) is 0.294. The van der Waals surface area contributed by atoms with E-state index < -0.39 is 0 Å². The van der Waals surface area contributed by atoms with Crippen LogP contribution in [0.25, 0.3) is 11.3 Å². The van der Waals surface area contributed by atoms with Gasteiger partial charge in [0.25, 0.3) is 5.91 Å². The molecule has 1 unspecified atom stereocenters. The van der Waals surface area contributed by atoms with E-state index >= 15 is 0 Å². The summed E-state index contributed by atoms with van der Waals surface area (Å²) < 4.78 is 0. The average molecular weight is 341 g/mol. The highest BCUT2D eigenvalue weighted by atomic mass is 32.1. The number of nitrogens with one attached hydrogen (secondary N) is 1. The van der Waals surface area contributed by atoms with Crippen LogP contribution in [-0.4, -0.2) is 38.2 Å². The number of hydrogen-bond donors (Lipinski definition) is 1. The monoisotopic (exact) mass is 341 g/mol. The van der Waals surface area contributed by atoms with E-state index in [0.29, 0.717) is 11.4 Å². The Bertz CT molecular complexity index is 855. The highest BCUT2D eigenvalue weighted by Crippen LogP contribution is 2.30. The van der Waals surface area contributed by atoms with E-state index in [-0.39, 0.29) is 11.9 Å². The molecule has 1 amide bonds. The number of H-pyrrole nitrogens is 1. The maximum Gasteiger partial charge on any atom is 0.276 e. The molecule has 1 atom stereocenters. The zero-order valence-corrected chi connectivity index (χ0v) is 14.9. The van der Waals surface area contributed by atoms with Gasteiger partial charge in [0.1, 0.15) is 5.69 Å². The number of hydrogen-bond acceptors (Lipinski definition) is 5. The minimum Gasteiger partial charge on any atom is -0.333 e. The van der Waals surface area contributed by atoms with Crippen LogP contribution in [-0.2, 0) is 0 Å². The molecular formula is C17H19N5OS. The summed E-state index contributed by atoms with van der Waals surface area (Å²) in [6.07, 6.45) is 0. The average Bonchev–Trinajstić information content (AvgIpc) is 3.20. The minimum absolute atomic E-state index is 0.0796. The van der Waals surface area contributed by atoms with Crippen molar-refractivity contribution in [3.05, 3.63) is 51.6 Å². The number of aryl methyl sites for hydroxylation is 2. The molecule has 24 heavy (non-hydrogen) atoms. The summed E-state index contributed by atoms with van der Waals surface area (Å²) in [5.74, 6) is -0.166. The lowest BCUT2D eigenvalue weighted by Crippen LogP contribution is -2.30. The van der Waals surface area contributed by atoms with Crippen LogP contribution in [0.3, 0.4) is 0 Å². The van der Waals surface area contributed by atoms with Gasteiger partial charge in [-0.1, -0.05) is 30.3 Å². The predicted octanol–water partition coefficient (Wildman–Crippen LogP) is 3.38. The summed E-state index contributed by atoms with van der Waals surface area (Å²) in [5, 5.41) is 11.8. The molecule has 2 heterocycles. The largest absolute Gasteiger partial charge is 0.333 e. The Morgan fingerprint density at radius 2 is 1.92 bits per heavy atom. The molecule has 0 aliphatic carbocycles. The summed E-state index contributed by atoms with van der Waals surface area (Å²) >= 11 is 1.62. The molecule has 7 heteroatoms. The fourth-order valence-electron chi connectivity index (χ4n) is 2.63. The maximum atomic E-state index is 12.9. The van der Waals surface area contributed by atoms with Crippen molar-refractivity contribution < 1.29 is 4.79 Å². The number of carbonyl (C=O) groups is 1. The molecule has 0 aliphatic rings. The van der Waals surface area contributed by atoms with E-state index in [9.17, 15) is 4.79 Å². The Hall–Kier alpha value is -2.54. The van der Waals surface area contributed by atoms with Crippen LogP contribution < -0.4 is 0 Å². The third kappa shape index (κ3) is 2.94. The van der Waals surface area contributed by atoms with E-state index in [2.05, 4.69) is 20.4 Å². The topological polar surface area (TPSA) is 74.8 Å². The van der Waals surface area contributed by atoms with E-state index in [1.165, 1.54) is 0 Å². The lowest BCUT2D eigenvalue weighted by atomic mass is 10.1. The third-order valence-corrected chi connectivity index (χ3v) is 5.26. The Morgan fingerprint density at radius 1 is 1.21 bits per heavy atom. The summed E-state index contributed by atoms with van der Waals surface area (Å²) in [7, 11) is 1.78. The molecule has 0 spiro atoms. The van der Waals surface area contributed by atoms with E-state index in [4.69, 9.17) is 0 Å². The minimum atomic E-state index is -0.166. The molecule has 0 fully saturated rings. The van der Waals surface area contributed by atoms with Crippen LogP contribution in [0.15, 0.2) is 30.3 Å². The third-order valence-electron chi connectivity index (χ3n) is 4.02. The van der Waals surface area contributed by atoms with Gasteiger partial charge in [0.2, 0.25) is 0 Å². The fourth-order valence-corrected chi connectivity index (χ4v) is 3.65. The Kier molecular flexibility index (Phi) is 4.44. The second-order valence-corrected chi connectivity index (χ2v) is 6.90. The number of thiazole rings is 1. The van der Waals surface area contributed by atoms with Gasteiger partial charge < -0.3 is 4.90 Å². The van der Waals surface area contributed by atoms with Crippen molar-refractivity contribution in [3.63, 3.8) is 0 Å². The van der Waals surface area contributed by atoms with Gasteiger partial charge in [-0.05, 0) is 20.8 Å². The van der Waals surface area contributed by atoms with Gasteiger partial charge in [0.05, 0.1) is 16.7 Å². The van der Waals surface area contributed by atoms with Crippen molar-refractivity contribution in [2.75, 3.05) is 7.05 Å². The molecule has 3 rings (SSSR count). The number of rotatable bonds is 4. The maximum absolute atomic E-state index is 12.9. The first-order chi connectivity index (χ1) is 11.5. The Labute approximate surface area is 144 Å². The molecule has 0 saturated carbocycles. The number of nitrogens with zero attached hydrogens (tertiary/aromatic N) is 4. The molecular weight excluding hydrogens is 322 g/mol. The van der Waals surface area contributed by atoms with Crippen LogP contribution >= 0.6 is 11.3 Å². The van der Waals surface area contributed by atoms with Crippen LogP contribution in [0.4, 0.5) is 0 Å². The number of aromatic amines is 1. The van der Waals surface area contributed by atoms with Gasteiger partial charge >= 0.3 is 0 Å². The molecule has 1 N–H and O–H groups in total. The first-order valence-corrected chi connectivity index (χ1v) is 8.48. The van der Waals surface area contributed by atoms with Gasteiger partial charge in [-0.3, -0.25) is 4.79 Å². The number of amides is 1. The molecule has 124 valence electrons. The quantitative estimate of drug-likeness (QED) is 0.789. The standard InChI is InChI=1S/C17H19N5OS/c1-10-16(24-12(3)18-10)11(2)22(4)17(23)15-14(19-21-20-15)13-8-6-5-7-9-13/h5-9,11H,1-4H3,(H,19,20,21). The van der Waals surface area contributed by atoms with Gasteiger partial charge in [0.15, 0.2) is 5.69 Å². The molecule has 1 aromatic carbocycles. The smallest absolute Gasteiger partial charge is 0.276 e. The van der Waals surface area contributed by atoms with Crippen molar-refractivity contribution in [2.45, 2.75) is 26.8 Å². The zero-order valence-electron chi connectivity index (χ0n) is 14.1. The van der Waals surface area contributed by atoms with Crippen molar-refractivity contribution in [1.82, 2.24) is 25.3 Å². The van der Waals surface area contributed by atoms with Crippen molar-refractivity contribution in [1.29, 1.82) is 0 Å². The SMILES string of the molecule is Cc1nc(C)c(C(C)N(C)C(=O)c2n[nH]nc2-c2ccccc2)s1. The summed E-state index contributed by atoms with van der Waals surface area (Å²) in [6, 6.07) is 9.49. The van der Waals surface area contributed by atoms with Crippen molar-refractivity contribution >= 4 is 17.2 Å². The molecule has 3 aromatic rings. The van der Waals surface area contributed by atoms with Gasteiger partial charge in [-0.25, -0.2) is 4.98 Å². The molecule has 0 saturated heterocycles. The van der Waals surface area contributed by atoms with Gasteiger partial charge in [0, 0.05) is 17.5 Å². The van der Waals surface area contributed by atoms with Crippen LogP contribution in [0.5, 0.6) is 0 Å². The lowest BCUT2D eigenvalue weighted by Gasteiger charge is -2.23. The number of carbonyl (C=O) groups excluding carboxylic acids is 1. The number of aromatic nitrogens is 4.